The highest BCUT2D eigenvalue weighted by Crippen LogP contribution is 2.36. The van der Waals surface area contributed by atoms with E-state index in [9.17, 15) is 5.26 Å². The van der Waals surface area contributed by atoms with Gasteiger partial charge in [-0.1, -0.05) is 30.3 Å². The van der Waals surface area contributed by atoms with Crippen molar-refractivity contribution in [2.45, 2.75) is 24.9 Å². The molecule has 186 valence electrons. The number of benzene rings is 1. The van der Waals surface area contributed by atoms with Gasteiger partial charge in [-0.15, -0.1) is 0 Å². The fraction of sp³-hybridized carbons (Fsp3) is 0.222. The number of nitrogen functional groups attached to an aromatic ring is 1. The van der Waals surface area contributed by atoms with Crippen molar-refractivity contribution in [2.24, 2.45) is 0 Å². The number of hydrogen-bond donors (Lipinski definition) is 1. The molecule has 0 saturated carbocycles. The molecule has 2 saturated heterocycles. The second-order valence-corrected chi connectivity index (χ2v) is 9.48. The molecular formula is C27H23N11. The number of nitrogens with zero attached hydrogens (tertiary/aromatic N) is 10. The predicted molar refractivity (Wildman–Crippen MR) is 142 cm³/mol. The van der Waals surface area contributed by atoms with Crippen molar-refractivity contribution in [1.82, 2.24) is 34.6 Å². The van der Waals surface area contributed by atoms with Crippen LogP contribution < -0.4 is 15.6 Å². The number of hydrogen-bond acceptors (Lipinski definition) is 10. The van der Waals surface area contributed by atoms with Gasteiger partial charge in [-0.25, -0.2) is 29.6 Å². The molecule has 1 aromatic carbocycles. The van der Waals surface area contributed by atoms with Gasteiger partial charge in [0.25, 0.3) is 0 Å². The summed E-state index contributed by atoms with van der Waals surface area (Å²) in [6.45, 7) is 1.40. The molecule has 0 amide bonds. The molecule has 2 N–H and O–H groups in total. The molecular weight excluding hydrogens is 478 g/mol. The van der Waals surface area contributed by atoms with Gasteiger partial charge in [0.05, 0.1) is 23.3 Å². The van der Waals surface area contributed by atoms with Gasteiger partial charge < -0.3 is 10.6 Å². The number of nitriles is 1. The Kier molecular flexibility index (Phi) is 5.11. The Hall–Kier alpha value is -5.11. The molecule has 4 aromatic heterocycles. The van der Waals surface area contributed by atoms with Gasteiger partial charge in [-0.2, -0.15) is 10.2 Å². The van der Waals surface area contributed by atoms with E-state index in [1.165, 1.54) is 6.33 Å². The zero-order valence-corrected chi connectivity index (χ0v) is 20.4. The summed E-state index contributed by atoms with van der Waals surface area (Å²) in [5, 5.41) is 11.6. The summed E-state index contributed by atoms with van der Waals surface area (Å²) in [6, 6.07) is 20.3. The molecule has 38 heavy (non-hydrogen) atoms. The van der Waals surface area contributed by atoms with Gasteiger partial charge in [0.1, 0.15) is 23.7 Å². The van der Waals surface area contributed by atoms with Crippen molar-refractivity contribution < 1.29 is 0 Å². The van der Waals surface area contributed by atoms with Gasteiger partial charge in [-0.3, -0.25) is 5.01 Å². The third-order valence-corrected chi connectivity index (χ3v) is 7.25. The van der Waals surface area contributed by atoms with Crippen LogP contribution in [0.4, 0.5) is 11.8 Å². The molecule has 0 aliphatic carbocycles. The van der Waals surface area contributed by atoms with E-state index in [1.807, 2.05) is 48.5 Å². The zero-order chi connectivity index (χ0) is 25.6. The minimum atomic E-state index is 0.123. The summed E-state index contributed by atoms with van der Waals surface area (Å²) < 4.78 is 2.14. The van der Waals surface area contributed by atoms with Crippen LogP contribution in [-0.2, 0) is 0 Å². The second kappa shape index (κ2) is 8.77. The van der Waals surface area contributed by atoms with E-state index < -0.39 is 0 Å². The van der Waals surface area contributed by atoms with Crippen molar-refractivity contribution in [3.8, 4) is 28.7 Å². The molecule has 11 heteroatoms. The quantitative estimate of drug-likeness (QED) is 0.391. The summed E-state index contributed by atoms with van der Waals surface area (Å²) in [6.07, 6.45) is 5.08. The van der Waals surface area contributed by atoms with Gasteiger partial charge in [-0.05, 0) is 37.1 Å². The number of imidazole rings is 1. The lowest BCUT2D eigenvalue weighted by molar-refractivity contribution is 0.433. The summed E-state index contributed by atoms with van der Waals surface area (Å²) in [7, 11) is 0. The van der Waals surface area contributed by atoms with Crippen LogP contribution in [0.2, 0.25) is 0 Å². The number of fused-ring (bicyclic) bond motifs is 3. The average Bonchev–Trinajstić information content (AvgIpc) is 3.45. The van der Waals surface area contributed by atoms with Crippen molar-refractivity contribution in [1.29, 1.82) is 5.26 Å². The molecule has 2 fully saturated rings. The first kappa shape index (κ1) is 22.1. The van der Waals surface area contributed by atoms with E-state index in [2.05, 4.69) is 46.7 Å². The van der Waals surface area contributed by atoms with E-state index >= 15 is 0 Å². The second-order valence-electron chi connectivity index (χ2n) is 9.48. The Labute approximate surface area is 218 Å². The highest BCUT2D eigenvalue weighted by Gasteiger charge is 2.43. The topological polar surface area (TPSA) is 139 Å². The summed E-state index contributed by atoms with van der Waals surface area (Å²) >= 11 is 0. The number of anilines is 2. The summed E-state index contributed by atoms with van der Waals surface area (Å²) in [5.74, 6) is 1.80. The van der Waals surface area contributed by atoms with E-state index in [-0.39, 0.29) is 17.9 Å². The van der Waals surface area contributed by atoms with Crippen LogP contribution >= 0.6 is 0 Å². The van der Waals surface area contributed by atoms with E-state index in [1.54, 1.807) is 6.20 Å². The predicted octanol–water partition coefficient (Wildman–Crippen LogP) is 2.79. The maximum absolute atomic E-state index is 9.25. The number of piperazine rings is 1. The number of pyridine rings is 2. The van der Waals surface area contributed by atoms with Crippen LogP contribution in [0.1, 0.15) is 18.7 Å². The molecule has 2 atom stereocenters. The highest BCUT2D eigenvalue weighted by molar-refractivity contribution is 5.83. The van der Waals surface area contributed by atoms with Gasteiger partial charge >= 0.3 is 0 Å². The highest BCUT2D eigenvalue weighted by atomic mass is 15.6. The molecule has 0 spiro atoms. The number of aromatic nitrogens is 7. The molecule has 5 aromatic rings. The van der Waals surface area contributed by atoms with E-state index in [4.69, 9.17) is 15.7 Å². The summed E-state index contributed by atoms with van der Waals surface area (Å²) in [5.41, 5.74) is 10.6. The Balaban J connectivity index is 1.36. The molecule has 2 unspecified atom stereocenters. The van der Waals surface area contributed by atoms with Crippen LogP contribution in [0.15, 0.2) is 67.1 Å². The first-order chi connectivity index (χ1) is 18.7. The Morgan fingerprint density at radius 3 is 2.45 bits per heavy atom. The van der Waals surface area contributed by atoms with Crippen LogP contribution in [0, 0.1) is 11.3 Å². The van der Waals surface area contributed by atoms with Gasteiger partial charge in [0.2, 0.25) is 11.8 Å². The molecule has 11 nitrogen and oxygen atoms in total. The zero-order valence-electron chi connectivity index (χ0n) is 20.4. The maximum Gasteiger partial charge on any atom is 0.236 e. The SMILES string of the molecule is N#Cc1ncnc(N2CC3CCC(C2)N3n2c(-c3cccnc3N)nc3ccc(-c4ccccc4)nc32)n1. The van der Waals surface area contributed by atoms with Gasteiger partial charge in [0.15, 0.2) is 11.5 Å². The van der Waals surface area contributed by atoms with Crippen LogP contribution in [0.5, 0.6) is 0 Å². The molecule has 2 bridgehead atoms. The standard InChI is InChI=1S/C27H23N11/c28-13-23-31-16-32-27(35-23)36-14-18-8-9-19(15-36)37(18)38-25(20-7-4-12-30-24(20)29)34-22-11-10-21(33-26(22)38)17-5-2-1-3-6-17/h1-7,10-12,16,18-19H,8-9,14-15H2,(H2,29,30). The Bertz CT molecular complexity index is 1680. The molecule has 0 radical (unpaired) electrons. The van der Waals surface area contributed by atoms with Crippen molar-refractivity contribution in [3.05, 3.63) is 72.9 Å². The summed E-state index contributed by atoms with van der Waals surface area (Å²) in [4.78, 5) is 29.2. The smallest absolute Gasteiger partial charge is 0.236 e. The molecule has 2 aliphatic rings. The van der Waals surface area contributed by atoms with Gasteiger partial charge in [0, 0.05) is 24.8 Å². The van der Waals surface area contributed by atoms with Crippen molar-refractivity contribution in [2.75, 3.05) is 28.7 Å². The normalized spacial score (nSPS) is 18.6. The van der Waals surface area contributed by atoms with Crippen LogP contribution in [-0.4, -0.2) is 59.8 Å². The minimum absolute atomic E-state index is 0.123. The lowest BCUT2D eigenvalue weighted by atomic mass is 10.1. The number of rotatable bonds is 4. The first-order valence-electron chi connectivity index (χ1n) is 12.5. The Morgan fingerprint density at radius 2 is 1.68 bits per heavy atom. The fourth-order valence-electron chi connectivity index (χ4n) is 5.58. The van der Waals surface area contributed by atoms with Crippen LogP contribution in [0.25, 0.3) is 33.8 Å². The van der Waals surface area contributed by atoms with Crippen molar-refractivity contribution >= 4 is 22.9 Å². The average molecular weight is 502 g/mol. The molecule has 7 rings (SSSR count). The third-order valence-electron chi connectivity index (χ3n) is 7.25. The van der Waals surface area contributed by atoms with Crippen molar-refractivity contribution in [3.63, 3.8) is 0 Å². The first-order valence-corrected chi connectivity index (χ1v) is 12.5. The minimum Gasteiger partial charge on any atom is -0.383 e. The molecule has 6 heterocycles. The monoisotopic (exact) mass is 501 g/mol. The van der Waals surface area contributed by atoms with Crippen LogP contribution in [0.3, 0.4) is 0 Å². The third kappa shape index (κ3) is 3.57. The number of nitrogens with two attached hydrogens (primary N) is 1. The lowest BCUT2D eigenvalue weighted by Gasteiger charge is -2.43. The molecule has 2 aliphatic heterocycles. The Morgan fingerprint density at radius 1 is 0.868 bits per heavy atom. The maximum atomic E-state index is 9.25. The van der Waals surface area contributed by atoms with E-state index in [0.29, 0.717) is 24.9 Å². The lowest BCUT2D eigenvalue weighted by Crippen LogP contribution is -2.59. The van der Waals surface area contributed by atoms with E-state index in [0.717, 1.165) is 46.7 Å². The largest absolute Gasteiger partial charge is 0.383 e. The fourth-order valence-corrected chi connectivity index (χ4v) is 5.58.